The highest BCUT2D eigenvalue weighted by atomic mass is 19.3. The van der Waals surface area contributed by atoms with E-state index in [1.165, 1.54) is 6.07 Å². The van der Waals surface area contributed by atoms with Crippen molar-refractivity contribution >= 4 is 10.9 Å². The predicted molar refractivity (Wildman–Crippen MR) is 45.8 cm³/mol. The molecule has 0 aliphatic carbocycles. The topological polar surface area (TPSA) is 52.5 Å². The van der Waals surface area contributed by atoms with Gasteiger partial charge in [0.1, 0.15) is 17.3 Å². The number of H-pyrrole nitrogens is 1. The second-order valence-electron chi connectivity index (χ2n) is 2.75. The van der Waals surface area contributed by atoms with E-state index < -0.39 is 6.43 Å². The molecule has 1 aromatic carbocycles. The van der Waals surface area contributed by atoms with Crippen molar-refractivity contribution in [2.24, 2.45) is 0 Å². The molecule has 0 aliphatic rings. The number of nitrogens with zero attached hydrogens (tertiary/aromatic N) is 2. The van der Waals surface area contributed by atoms with Crippen LogP contribution < -0.4 is 0 Å². The molecule has 3 nitrogen and oxygen atoms in total. The Morgan fingerprint density at radius 2 is 2.21 bits per heavy atom. The van der Waals surface area contributed by atoms with Gasteiger partial charge < -0.3 is 0 Å². The summed E-state index contributed by atoms with van der Waals surface area (Å²) in [5, 5.41) is 14.9. The van der Waals surface area contributed by atoms with Crippen LogP contribution in [0, 0.1) is 11.3 Å². The van der Waals surface area contributed by atoms with Gasteiger partial charge in [-0.2, -0.15) is 10.4 Å². The van der Waals surface area contributed by atoms with Crippen molar-refractivity contribution in [3.05, 3.63) is 29.5 Å². The van der Waals surface area contributed by atoms with E-state index in [-0.39, 0.29) is 5.69 Å². The first-order chi connectivity index (χ1) is 6.74. The van der Waals surface area contributed by atoms with Crippen LogP contribution in [-0.4, -0.2) is 10.2 Å². The van der Waals surface area contributed by atoms with Crippen LogP contribution in [-0.2, 0) is 0 Å². The molecule has 70 valence electrons. The van der Waals surface area contributed by atoms with E-state index in [1.54, 1.807) is 12.1 Å². The fourth-order valence-corrected chi connectivity index (χ4v) is 1.31. The third kappa shape index (κ3) is 1.12. The Morgan fingerprint density at radius 1 is 1.43 bits per heavy atom. The highest BCUT2D eigenvalue weighted by Gasteiger charge is 2.15. The summed E-state index contributed by atoms with van der Waals surface area (Å²) in [5.74, 6) is 0. The third-order valence-electron chi connectivity index (χ3n) is 1.95. The number of benzene rings is 1. The number of para-hydroxylation sites is 1. The van der Waals surface area contributed by atoms with E-state index in [0.29, 0.717) is 16.5 Å². The monoisotopic (exact) mass is 193 g/mol. The van der Waals surface area contributed by atoms with Crippen molar-refractivity contribution in [2.45, 2.75) is 6.43 Å². The molecule has 0 bridgehead atoms. The summed E-state index contributed by atoms with van der Waals surface area (Å²) in [5.41, 5.74) is 0.355. The van der Waals surface area contributed by atoms with Gasteiger partial charge in [0.2, 0.25) is 0 Å². The maximum absolute atomic E-state index is 12.4. The Labute approximate surface area is 78.0 Å². The number of halogens is 2. The van der Waals surface area contributed by atoms with Crippen LogP contribution in [0.4, 0.5) is 8.78 Å². The van der Waals surface area contributed by atoms with Crippen LogP contribution in [0.2, 0.25) is 0 Å². The van der Waals surface area contributed by atoms with Gasteiger partial charge >= 0.3 is 0 Å². The van der Waals surface area contributed by atoms with E-state index in [2.05, 4.69) is 10.2 Å². The Kier molecular flexibility index (Phi) is 1.89. The van der Waals surface area contributed by atoms with Gasteiger partial charge in [0.05, 0.1) is 5.56 Å². The SMILES string of the molecule is N#Cc1cccc2c(C(F)F)[nH]nc12. The van der Waals surface area contributed by atoms with Crippen LogP contribution in [0.25, 0.3) is 10.9 Å². The predicted octanol–water partition coefficient (Wildman–Crippen LogP) is 2.37. The molecular weight excluding hydrogens is 188 g/mol. The number of rotatable bonds is 1. The first-order valence-corrected chi connectivity index (χ1v) is 3.89. The Bertz CT molecular complexity index is 510. The molecule has 0 saturated carbocycles. The number of nitriles is 1. The summed E-state index contributed by atoms with van der Waals surface area (Å²) in [6, 6.07) is 6.51. The van der Waals surface area contributed by atoms with Crippen LogP contribution in [0.1, 0.15) is 17.7 Å². The molecule has 1 N–H and O–H groups in total. The van der Waals surface area contributed by atoms with Gasteiger partial charge in [-0.05, 0) is 6.07 Å². The van der Waals surface area contributed by atoms with Crippen molar-refractivity contribution in [3.63, 3.8) is 0 Å². The first kappa shape index (κ1) is 8.63. The van der Waals surface area contributed by atoms with Gasteiger partial charge in [0.25, 0.3) is 6.43 Å². The second-order valence-corrected chi connectivity index (χ2v) is 2.75. The molecular formula is C9H5F2N3. The summed E-state index contributed by atoms with van der Waals surface area (Å²) in [6.45, 7) is 0. The molecule has 0 radical (unpaired) electrons. The van der Waals surface area contributed by atoms with E-state index in [1.807, 2.05) is 6.07 Å². The fourth-order valence-electron chi connectivity index (χ4n) is 1.31. The van der Waals surface area contributed by atoms with Gasteiger partial charge in [-0.25, -0.2) is 8.78 Å². The highest BCUT2D eigenvalue weighted by Crippen LogP contribution is 2.26. The van der Waals surface area contributed by atoms with Crippen LogP contribution in [0.5, 0.6) is 0 Å². The molecule has 0 saturated heterocycles. The standard InChI is InChI=1S/C9H5F2N3/c10-9(11)8-6-3-1-2-5(4-12)7(6)13-14-8/h1-3,9H,(H,13,14). The quantitative estimate of drug-likeness (QED) is 0.755. The van der Waals surface area contributed by atoms with Crippen LogP contribution in [0.15, 0.2) is 18.2 Å². The molecule has 2 rings (SSSR count). The fraction of sp³-hybridized carbons (Fsp3) is 0.111. The lowest BCUT2D eigenvalue weighted by atomic mass is 10.1. The smallest absolute Gasteiger partial charge is 0.275 e. The average molecular weight is 193 g/mol. The Balaban J connectivity index is 2.77. The molecule has 1 aromatic heterocycles. The maximum Gasteiger partial charge on any atom is 0.280 e. The lowest BCUT2D eigenvalue weighted by Gasteiger charge is -1.94. The van der Waals surface area contributed by atoms with E-state index in [0.717, 1.165) is 0 Å². The Hall–Kier alpha value is -1.96. The number of alkyl halides is 2. The zero-order valence-electron chi connectivity index (χ0n) is 6.96. The van der Waals surface area contributed by atoms with E-state index in [4.69, 9.17) is 5.26 Å². The molecule has 1 heterocycles. The van der Waals surface area contributed by atoms with Gasteiger partial charge in [-0.15, -0.1) is 0 Å². The van der Waals surface area contributed by atoms with E-state index in [9.17, 15) is 8.78 Å². The minimum absolute atomic E-state index is 0.239. The minimum Gasteiger partial charge on any atom is -0.275 e. The number of aromatic nitrogens is 2. The summed E-state index contributed by atoms with van der Waals surface area (Å²) in [7, 11) is 0. The van der Waals surface area contributed by atoms with Crippen LogP contribution in [0.3, 0.4) is 0 Å². The summed E-state index contributed by atoms with van der Waals surface area (Å²) >= 11 is 0. The molecule has 0 atom stereocenters. The van der Waals surface area contributed by atoms with Crippen molar-refractivity contribution in [2.75, 3.05) is 0 Å². The van der Waals surface area contributed by atoms with Gasteiger partial charge in [0, 0.05) is 5.39 Å². The van der Waals surface area contributed by atoms with Crippen molar-refractivity contribution < 1.29 is 8.78 Å². The molecule has 5 heteroatoms. The van der Waals surface area contributed by atoms with Gasteiger partial charge in [-0.1, -0.05) is 12.1 Å². The number of hydrogen-bond acceptors (Lipinski definition) is 2. The zero-order chi connectivity index (χ0) is 10.1. The molecule has 14 heavy (non-hydrogen) atoms. The largest absolute Gasteiger partial charge is 0.280 e. The molecule has 0 aliphatic heterocycles. The Morgan fingerprint density at radius 3 is 2.86 bits per heavy atom. The average Bonchev–Trinajstić information content (AvgIpc) is 2.60. The molecule has 0 fully saturated rings. The molecule has 2 aromatic rings. The number of nitrogens with one attached hydrogen (secondary N) is 1. The minimum atomic E-state index is -2.60. The number of aromatic amines is 1. The van der Waals surface area contributed by atoms with Gasteiger partial charge in [-0.3, -0.25) is 5.10 Å². The second kappa shape index (κ2) is 3.07. The van der Waals surface area contributed by atoms with Crippen molar-refractivity contribution in [1.29, 1.82) is 5.26 Å². The molecule has 0 unspecified atom stereocenters. The normalized spacial score (nSPS) is 10.7. The molecule has 0 amide bonds. The van der Waals surface area contributed by atoms with Crippen LogP contribution >= 0.6 is 0 Å². The van der Waals surface area contributed by atoms with Crippen molar-refractivity contribution in [3.8, 4) is 6.07 Å². The van der Waals surface area contributed by atoms with E-state index >= 15 is 0 Å². The zero-order valence-corrected chi connectivity index (χ0v) is 6.96. The first-order valence-electron chi connectivity index (χ1n) is 3.89. The third-order valence-corrected chi connectivity index (χ3v) is 1.95. The number of fused-ring (bicyclic) bond motifs is 1. The maximum atomic E-state index is 12.4. The summed E-state index contributed by atoms with van der Waals surface area (Å²) in [6.07, 6.45) is -2.60. The number of hydrogen-bond donors (Lipinski definition) is 1. The molecule has 0 spiro atoms. The lowest BCUT2D eigenvalue weighted by molar-refractivity contribution is 0.147. The highest BCUT2D eigenvalue weighted by molar-refractivity contribution is 5.86. The lowest BCUT2D eigenvalue weighted by Crippen LogP contribution is -1.83. The van der Waals surface area contributed by atoms with Crippen molar-refractivity contribution in [1.82, 2.24) is 10.2 Å². The summed E-state index contributed by atoms with van der Waals surface area (Å²) < 4.78 is 24.8. The summed E-state index contributed by atoms with van der Waals surface area (Å²) in [4.78, 5) is 0. The van der Waals surface area contributed by atoms with Gasteiger partial charge in [0.15, 0.2) is 0 Å².